The van der Waals surface area contributed by atoms with E-state index in [9.17, 15) is 14.7 Å². The average molecular weight is 281 g/mol. The standard InChI is InChI=1S/C16H27NO3/c1-4-12-8-13(14(9-12)16(19)20)15(18)17-10(2)6-5-7-11(17)3/h10-14H,4-9H2,1-3H3,(H,19,20)/t10?,11?,12?,13-,14+/m0/s1. The van der Waals surface area contributed by atoms with Gasteiger partial charge in [-0.2, -0.15) is 0 Å². The van der Waals surface area contributed by atoms with Crippen molar-refractivity contribution in [2.45, 2.75) is 71.4 Å². The van der Waals surface area contributed by atoms with E-state index in [0.29, 0.717) is 12.3 Å². The number of likely N-dealkylation sites (tertiary alicyclic amines) is 1. The van der Waals surface area contributed by atoms with Gasteiger partial charge in [-0.25, -0.2) is 0 Å². The summed E-state index contributed by atoms with van der Waals surface area (Å²) in [6, 6.07) is 0.503. The molecule has 0 aromatic carbocycles. The molecule has 5 atom stereocenters. The van der Waals surface area contributed by atoms with Crippen LogP contribution in [0, 0.1) is 17.8 Å². The van der Waals surface area contributed by atoms with E-state index in [1.54, 1.807) is 0 Å². The van der Waals surface area contributed by atoms with Gasteiger partial charge in [0.05, 0.1) is 11.8 Å². The third-order valence-electron chi connectivity index (χ3n) is 5.32. The Morgan fingerprint density at radius 1 is 1.10 bits per heavy atom. The van der Waals surface area contributed by atoms with Crippen molar-refractivity contribution in [3.05, 3.63) is 0 Å². The molecule has 4 nitrogen and oxygen atoms in total. The molecule has 4 heteroatoms. The van der Waals surface area contributed by atoms with Crippen LogP contribution < -0.4 is 0 Å². The molecule has 3 unspecified atom stereocenters. The summed E-state index contributed by atoms with van der Waals surface area (Å²) in [7, 11) is 0. The van der Waals surface area contributed by atoms with Crippen LogP contribution in [-0.4, -0.2) is 34.0 Å². The maximum Gasteiger partial charge on any atom is 0.307 e. The second kappa shape index (κ2) is 6.15. The highest BCUT2D eigenvalue weighted by atomic mass is 16.4. The first kappa shape index (κ1) is 15.3. The van der Waals surface area contributed by atoms with Crippen LogP contribution in [0.5, 0.6) is 0 Å². The Morgan fingerprint density at radius 3 is 2.15 bits per heavy atom. The monoisotopic (exact) mass is 281 g/mol. The molecule has 1 N–H and O–H groups in total. The highest BCUT2D eigenvalue weighted by molar-refractivity contribution is 5.86. The number of amides is 1. The molecule has 0 radical (unpaired) electrons. The zero-order valence-electron chi connectivity index (χ0n) is 12.8. The molecule has 1 heterocycles. The van der Waals surface area contributed by atoms with Crippen molar-refractivity contribution in [3.8, 4) is 0 Å². The lowest BCUT2D eigenvalue weighted by atomic mass is 9.90. The van der Waals surface area contributed by atoms with Crippen LogP contribution in [0.15, 0.2) is 0 Å². The average Bonchev–Trinajstić information content (AvgIpc) is 2.82. The number of carboxylic acid groups (broad SMARTS) is 1. The molecule has 0 aromatic rings. The molecule has 1 saturated heterocycles. The first-order valence-corrected chi connectivity index (χ1v) is 8.00. The molecule has 2 rings (SSSR count). The molecule has 0 spiro atoms. The van der Waals surface area contributed by atoms with E-state index in [2.05, 4.69) is 20.8 Å². The van der Waals surface area contributed by atoms with Crippen molar-refractivity contribution in [1.82, 2.24) is 4.90 Å². The zero-order valence-corrected chi connectivity index (χ0v) is 12.8. The van der Waals surface area contributed by atoms with Crippen LogP contribution in [0.1, 0.15) is 59.3 Å². The molecule has 2 fully saturated rings. The van der Waals surface area contributed by atoms with Gasteiger partial charge in [0.2, 0.25) is 5.91 Å². The summed E-state index contributed by atoms with van der Waals surface area (Å²) < 4.78 is 0. The normalized spacial score (nSPS) is 38.0. The van der Waals surface area contributed by atoms with E-state index in [4.69, 9.17) is 0 Å². The van der Waals surface area contributed by atoms with Gasteiger partial charge in [-0.15, -0.1) is 0 Å². The third-order valence-corrected chi connectivity index (χ3v) is 5.32. The van der Waals surface area contributed by atoms with E-state index >= 15 is 0 Å². The molecular formula is C16H27NO3. The van der Waals surface area contributed by atoms with Crippen LogP contribution in [0.3, 0.4) is 0 Å². The molecule has 20 heavy (non-hydrogen) atoms. The lowest BCUT2D eigenvalue weighted by molar-refractivity contribution is -0.152. The fourth-order valence-corrected chi connectivity index (χ4v) is 4.07. The molecule has 1 aliphatic carbocycles. The molecule has 0 bridgehead atoms. The van der Waals surface area contributed by atoms with Crippen molar-refractivity contribution in [1.29, 1.82) is 0 Å². The number of hydrogen-bond acceptors (Lipinski definition) is 2. The van der Waals surface area contributed by atoms with Gasteiger partial charge in [-0.1, -0.05) is 13.3 Å². The van der Waals surface area contributed by atoms with Crippen LogP contribution in [0.2, 0.25) is 0 Å². The molecule has 0 aromatic heterocycles. The number of aliphatic carboxylic acids is 1. The van der Waals surface area contributed by atoms with Crippen molar-refractivity contribution in [2.24, 2.45) is 17.8 Å². The van der Waals surface area contributed by atoms with Gasteiger partial charge in [-0.05, 0) is 51.9 Å². The fraction of sp³-hybridized carbons (Fsp3) is 0.875. The molecule has 2 aliphatic rings. The SMILES string of the molecule is CCC1C[C@H](C(=O)N2C(C)CCCC2C)[C@H](C(=O)O)C1. The molecule has 1 aliphatic heterocycles. The largest absolute Gasteiger partial charge is 0.481 e. The minimum atomic E-state index is -0.795. The number of hydrogen-bond donors (Lipinski definition) is 1. The van der Waals surface area contributed by atoms with Crippen molar-refractivity contribution in [2.75, 3.05) is 0 Å². The maximum atomic E-state index is 12.9. The van der Waals surface area contributed by atoms with Crippen LogP contribution in [0.4, 0.5) is 0 Å². The Labute approximate surface area is 121 Å². The topological polar surface area (TPSA) is 57.6 Å². The van der Waals surface area contributed by atoms with Gasteiger partial charge < -0.3 is 10.0 Å². The maximum absolute atomic E-state index is 12.9. The van der Waals surface area contributed by atoms with Crippen LogP contribution in [-0.2, 0) is 9.59 Å². The van der Waals surface area contributed by atoms with Crippen molar-refractivity contribution >= 4 is 11.9 Å². The first-order chi connectivity index (χ1) is 9.45. The van der Waals surface area contributed by atoms with Gasteiger partial charge in [0.25, 0.3) is 0 Å². The predicted octanol–water partition coefficient (Wildman–Crippen LogP) is 2.91. The predicted molar refractivity (Wildman–Crippen MR) is 77.3 cm³/mol. The van der Waals surface area contributed by atoms with E-state index < -0.39 is 11.9 Å². The van der Waals surface area contributed by atoms with Crippen molar-refractivity contribution in [3.63, 3.8) is 0 Å². The lowest BCUT2D eigenvalue weighted by Gasteiger charge is -2.41. The van der Waals surface area contributed by atoms with Gasteiger partial charge >= 0.3 is 5.97 Å². The summed E-state index contributed by atoms with van der Waals surface area (Å²) >= 11 is 0. The van der Waals surface area contributed by atoms with Gasteiger partial charge in [0.15, 0.2) is 0 Å². The van der Waals surface area contributed by atoms with Gasteiger partial charge in [0.1, 0.15) is 0 Å². The number of nitrogens with zero attached hydrogens (tertiary/aromatic N) is 1. The highest BCUT2D eigenvalue weighted by Gasteiger charge is 2.45. The Hall–Kier alpha value is -1.06. The minimum Gasteiger partial charge on any atom is -0.481 e. The third kappa shape index (κ3) is 2.84. The molecule has 1 amide bonds. The Kier molecular flexibility index (Phi) is 4.71. The number of carbonyl (C=O) groups is 2. The Balaban J connectivity index is 2.15. The highest BCUT2D eigenvalue weighted by Crippen LogP contribution is 2.40. The number of piperidine rings is 1. The second-order valence-electron chi connectivity index (χ2n) is 6.67. The summed E-state index contributed by atoms with van der Waals surface area (Å²) in [6.07, 6.45) is 5.63. The zero-order chi connectivity index (χ0) is 14.9. The molecule has 1 saturated carbocycles. The summed E-state index contributed by atoms with van der Waals surface area (Å²) in [5.41, 5.74) is 0. The number of carbonyl (C=O) groups excluding carboxylic acids is 1. The second-order valence-corrected chi connectivity index (χ2v) is 6.67. The quantitative estimate of drug-likeness (QED) is 0.865. The minimum absolute atomic E-state index is 0.0908. The van der Waals surface area contributed by atoms with Gasteiger partial charge in [0, 0.05) is 12.1 Å². The van der Waals surface area contributed by atoms with E-state index in [0.717, 1.165) is 32.1 Å². The summed E-state index contributed by atoms with van der Waals surface area (Å²) in [4.78, 5) is 26.3. The first-order valence-electron chi connectivity index (χ1n) is 8.00. The van der Waals surface area contributed by atoms with Crippen LogP contribution in [0.25, 0.3) is 0 Å². The van der Waals surface area contributed by atoms with Crippen LogP contribution >= 0.6 is 0 Å². The fourth-order valence-electron chi connectivity index (χ4n) is 4.07. The molecular weight excluding hydrogens is 254 g/mol. The number of rotatable bonds is 3. The summed E-state index contributed by atoms with van der Waals surface area (Å²) in [6.45, 7) is 6.27. The molecule has 114 valence electrons. The number of carboxylic acids is 1. The lowest BCUT2D eigenvalue weighted by Crippen LogP contribution is -2.50. The summed E-state index contributed by atoms with van der Waals surface area (Å²) in [5, 5.41) is 9.41. The Morgan fingerprint density at radius 2 is 1.65 bits per heavy atom. The van der Waals surface area contributed by atoms with E-state index in [1.807, 2.05) is 4.90 Å². The van der Waals surface area contributed by atoms with Crippen molar-refractivity contribution < 1.29 is 14.7 Å². The van der Waals surface area contributed by atoms with E-state index in [-0.39, 0.29) is 23.9 Å². The Bertz CT molecular complexity index is 372. The summed E-state index contributed by atoms with van der Waals surface area (Å²) in [5.74, 6) is -1.10. The van der Waals surface area contributed by atoms with E-state index in [1.165, 1.54) is 0 Å². The van der Waals surface area contributed by atoms with Gasteiger partial charge in [-0.3, -0.25) is 9.59 Å². The smallest absolute Gasteiger partial charge is 0.307 e.